The molecule has 0 aliphatic carbocycles. The Bertz CT molecular complexity index is 986. The van der Waals surface area contributed by atoms with Crippen molar-refractivity contribution in [1.29, 1.82) is 0 Å². The Morgan fingerprint density at radius 3 is 2.32 bits per heavy atom. The van der Waals surface area contributed by atoms with Crippen molar-refractivity contribution in [2.24, 2.45) is 0 Å². The molecule has 0 bridgehead atoms. The molecule has 38 heavy (non-hydrogen) atoms. The van der Waals surface area contributed by atoms with Crippen LogP contribution in [0.4, 0.5) is 0 Å². The second-order valence-electron chi connectivity index (χ2n) is 9.46. The molecule has 0 unspecified atom stereocenters. The largest absolute Gasteiger partial charge is 0.396 e. The first kappa shape index (κ1) is 30.1. The monoisotopic (exact) mass is 544 g/mol. The molecule has 1 aliphatic rings. The lowest BCUT2D eigenvalue weighted by Crippen LogP contribution is -2.31. The maximum Gasteiger partial charge on any atom is 0.220 e. The molecule has 1 saturated heterocycles. The molecule has 208 valence electrons. The number of benzene rings is 2. The Balaban J connectivity index is 1.52. The third-order valence-corrected chi connectivity index (χ3v) is 7.43. The number of aliphatic hydroxyl groups excluding tert-OH is 2. The van der Waals surface area contributed by atoms with E-state index in [2.05, 4.69) is 10.6 Å². The maximum absolute atomic E-state index is 12.2. The summed E-state index contributed by atoms with van der Waals surface area (Å²) in [7, 11) is 0. The standard InChI is InChI=1S/C29H40N2O6S/c1-21(34)30-14-4-2-3-5-28(35)31-18-22-6-12-25(13-7-22)29-36-26(20-38-16-15-32)17-27(37-29)24-10-8-23(19-33)9-11-24/h6-13,26-27,29,32-33H,2-5,14-20H2,1H3,(H,30,34)(H,31,35)/t26-,27+,29+/m0/s1. The van der Waals surface area contributed by atoms with Crippen molar-refractivity contribution in [3.63, 3.8) is 0 Å². The van der Waals surface area contributed by atoms with E-state index >= 15 is 0 Å². The van der Waals surface area contributed by atoms with Crippen LogP contribution in [-0.4, -0.2) is 52.8 Å². The minimum Gasteiger partial charge on any atom is -0.396 e. The van der Waals surface area contributed by atoms with Crippen LogP contribution in [0.15, 0.2) is 48.5 Å². The Morgan fingerprint density at radius 1 is 0.921 bits per heavy atom. The number of unbranched alkanes of at least 4 members (excludes halogenated alkanes) is 2. The van der Waals surface area contributed by atoms with Crippen molar-refractivity contribution in [2.75, 3.05) is 24.7 Å². The van der Waals surface area contributed by atoms with Crippen LogP contribution in [0.1, 0.15) is 73.7 Å². The van der Waals surface area contributed by atoms with Crippen LogP contribution in [0.25, 0.3) is 0 Å². The Morgan fingerprint density at radius 2 is 1.63 bits per heavy atom. The number of hydrogen-bond acceptors (Lipinski definition) is 7. The van der Waals surface area contributed by atoms with Crippen LogP contribution in [0.2, 0.25) is 0 Å². The minimum atomic E-state index is -0.521. The number of carbonyl (C=O) groups excluding carboxylic acids is 2. The predicted octanol–water partition coefficient (Wildman–Crippen LogP) is 3.76. The van der Waals surface area contributed by atoms with Gasteiger partial charge in [-0.2, -0.15) is 11.8 Å². The van der Waals surface area contributed by atoms with E-state index in [0.717, 1.165) is 47.3 Å². The molecule has 2 amide bonds. The first-order chi connectivity index (χ1) is 18.5. The van der Waals surface area contributed by atoms with Gasteiger partial charge in [-0.1, -0.05) is 55.0 Å². The van der Waals surface area contributed by atoms with Gasteiger partial charge < -0.3 is 30.3 Å². The summed E-state index contributed by atoms with van der Waals surface area (Å²) in [6, 6.07) is 15.7. The van der Waals surface area contributed by atoms with Crippen LogP contribution < -0.4 is 10.6 Å². The quantitative estimate of drug-likeness (QED) is 0.252. The van der Waals surface area contributed by atoms with E-state index in [1.54, 1.807) is 11.8 Å². The number of aliphatic hydroxyl groups is 2. The maximum atomic E-state index is 12.2. The van der Waals surface area contributed by atoms with Gasteiger partial charge in [-0.15, -0.1) is 0 Å². The third-order valence-electron chi connectivity index (χ3n) is 6.35. The summed E-state index contributed by atoms with van der Waals surface area (Å²) in [5.41, 5.74) is 3.81. The van der Waals surface area contributed by atoms with Crippen molar-refractivity contribution in [2.45, 2.75) is 70.7 Å². The van der Waals surface area contributed by atoms with Gasteiger partial charge in [-0.25, -0.2) is 0 Å². The summed E-state index contributed by atoms with van der Waals surface area (Å²) in [4.78, 5) is 23.0. The van der Waals surface area contributed by atoms with Crippen molar-refractivity contribution in [3.8, 4) is 0 Å². The van der Waals surface area contributed by atoms with Crippen molar-refractivity contribution in [1.82, 2.24) is 10.6 Å². The molecular formula is C29H40N2O6S. The Kier molecular flexibility index (Phi) is 13.1. The van der Waals surface area contributed by atoms with Crippen LogP contribution in [0.5, 0.6) is 0 Å². The molecule has 8 nitrogen and oxygen atoms in total. The SMILES string of the molecule is CC(=O)NCCCCCC(=O)NCc1ccc([C@@H]2O[C@H](CSCCO)C[C@H](c3ccc(CO)cc3)O2)cc1. The number of nitrogens with one attached hydrogen (secondary N) is 2. The zero-order valence-corrected chi connectivity index (χ0v) is 22.9. The van der Waals surface area contributed by atoms with Crippen LogP contribution in [-0.2, 0) is 32.2 Å². The summed E-state index contributed by atoms with van der Waals surface area (Å²) in [6.45, 7) is 2.75. The van der Waals surface area contributed by atoms with Gasteiger partial charge in [0.15, 0.2) is 6.29 Å². The van der Waals surface area contributed by atoms with Crippen molar-refractivity contribution < 1.29 is 29.3 Å². The van der Waals surface area contributed by atoms with Crippen molar-refractivity contribution >= 4 is 23.6 Å². The number of rotatable bonds is 15. The zero-order valence-electron chi connectivity index (χ0n) is 22.1. The van der Waals surface area contributed by atoms with Gasteiger partial charge >= 0.3 is 0 Å². The fourth-order valence-electron chi connectivity index (χ4n) is 4.24. The molecule has 1 aliphatic heterocycles. The molecule has 0 radical (unpaired) electrons. The molecule has 3 atom stereocenters. The molecule has 0 saturated carbocycles. The van der Waals surface area contributed by atoms with Gasteiger partial charge in [-0.05, 0) is 29.5 Å². The average molecular weight is 545 g/mol. The number of hydrogen-bond donors (Lipinski definition) is 4. The second kappa shape index (κ2) is 16.5. The van der Waals surface area contributed by atoms with E-state index in [1.807, 2.05) is 48.5 Å². The molecule has 2 aromatic carbocycles. The van der Waals surface area contributed by atoms with Gasteiger partial charge in [0.2, 0.25) is 11.8 Å². The third kappa shape index (κ3) is 10.4. The molecule has 4 N–H and O–H groups in total. The van der Waals surface area contributed by atoms with Gasteiger partial charge in [0.25, 0.3) is 0 Å². The first-order valence-corrected chi connectivity index (χ1v) is 14.4. The van der Waals surface area contributed by atoms with E-state index < -0.39 is 6.29 Å². The van der Waals surface area contributed by atoms with E-state index in [4.69, 9.17) is 14.6 Å². The zero-order chi connectivity index (χ0) is 27.2. The lowest BCUT2D eigenvalue weighted by atomic mass is 10.0. The summed E-state index contributed by atoms with van der Waals surface area (Å²) >= 11 is 1.66. The van der Waals surface area contributed by atoms with Gasteiger partial charge in [0, 0.05) is 49.9 Å². The van der Waals surface area contributed by atoms with Crippen LogP contribution >= 0.6 is 11.8 Å². The summed E-state index contributed by atoms with van der Waals surface area (Å²) < 4.78 is 12.6. The average Bonchev–Trinajstić information content (AvgIpc) is 2.94. The second-order valence-corrected chi connectivity index (χ2v) is 10.6. The predicted molar refractivity (Wildman–Crippen MR) is 148 cm³/mol. The first-order valence-electron chi connectivity index (χ1n) is 13.3. The highest BCUT2D eigenvalue weighted by molar-refractivity contribution is 7.99. The normalized spacial score (nSPS) is 19.2. The van der Waals surface area contributed by atoms with E-state index in [-0.39, 0.29) is 37.2 Å². The fourth-order valence-corrected chi connectivity index (χ4v) is 5.01. The van der Waals surface area contributed by atoms with Gasteiger partial charge in [-0.3, -0.25) is 9.59 Å². The van der Waals surface area contributed by atoms with E-state index in [1.165, 1.54) is 6.92 Å². The fraction of sp³-hybridized carbons (Fsp3) is 0.517. The molecular weight excluding hydrogens is 504 g/mol. The summed E-state index contributed by atoms with van der Waals surface area (Å²) in [6.07, 6.45) is 3.06. The summed E-state index contributed by atoms with van der Waals surface area (Å²) in [5.74, 6) is 1.42. The van der Waals surface area contributed by atoms with E-state index in [9.17, 15) is 14.7 Å². The number of amides is 2. The molecule has 9 heteroatoms. The number of thioether (sulfide) groups is 1. The minimum absolute atomic E-state index is 0.00466. The molecule has 1 fully saturated rings. The Hall–Kier alpha value is -2.43. The smallest absolute Gasteiger partial charge is 0.220 e. The topological polar surface area (TPSA) is 117 Å². The number of ether oxygens (including phenoxy) is 2. The molecule has 3 rings (SSSR count). The highest BCUT2D eigenvalue weighted by Crippen LogP contribution is 2.38. The van der Waals surface area contributed by atoms with Gasteiger partial charge in [0.05, 0.1) is 25.4 Å². The van der Waals surface area contributed by atoms with Gasteiger partial charge in [0.1, 0.15) is 0 Å². The lowest BCUT2D eigenvalue weighted by Gasteiger charge is -2.36. The molecule has 0 aromatic heterocycles. The van der Waals surface area contributed by atoms with Crippen LogP contribution in [0, 0.1) is 0 Å². The molecule has 2 aromatic rings. The highest BCUT2D eigenvalue weighted by Gasteiger charge is 2.32. The molecule has 1 heterocycles. The number of carbonyl (C=O) groups is 2. The van der Waals surface area contributed by atoms with E-state index in [0.29, 0.717) is 31.7 Å². The molecule has 0 spiro atoms. The highest BCUT2D eigenvalue weighted by atomic mass is 32.2. The van der Waals surface area contributed by atoms with Crippen molar-refractivity contribution in [3.05, 3.63) is 70.8 Å². The van der Waals surface area contributed by atoms with Crippen LogP contribution in [0.3, 0.4) is 0 Å². The Labute approximate surface area is 229 Å². The summed E-state index contributed by atoms with van der Waals surface area (Å²) in [5, 5.41) is 24.2. The lowest BCUT2D eigenvalue weighted by molar-refractivity contribution is -0.245.